The molecule has 1 aromatic rings. The molecule has 0 fully saturated rings. The van der Waals surface area contributed by atoms with Crippen molar-refractivity contribution in [3.8, 4) is 6.01 Å². The number of nitrogens with zero attached hydrogens (tertiary/aromatic N) is 4. The first-order chi connectivity index (χ1) is 8.71. The molecular formula is C11H19ClN4O2. The van der Waals surface area contributed by atoms with Gasteiger partial charge in [-0.2, -0.15) is 15.0 Å². The average Bonchev–Trinajstić information content (AvgIpc) is 2.34. The minimum atomic E-state index is 0.137. The number of aromatic nitrogens is 3. The molecule has 0 atom stereocenters. The lowest BCUT2D eigenvalue weighted by Crippen LogP contribution is -2.29. The van der Waals surface area contributed by atoms with Gasteiger partial charge in [-0.1, -0.05) is 0 Å². The van der Waals surface area contributed by atoms with Crippen LogP contribution in [0.5, 0.6) is 6.01 Å². The van der Waals surface area contributed by atoms with Gasteiger partial charge < -0.3 is 14.4 Å². The van der Waals surface area contributed by atoms with Crippen molar-refractivity contribution in [1.29, 1.82) is 0 Å². The second kappa shape index (κ2) is 8.05. The summed E-state index contributed by atoms with van der Waals surface area (Å²) in [5, 5.41) is 0.137. The quantitative estimate of drug-likeness (QED) is 0.674. The summed E-state index contributed by atoms with van der Waals surface area (Å²) in [5.41, 5.74) is 0. The molecule has 0 unspecified atom stereocenters. The molecule has 6 nitrogen and oxygen atoms in total. The topological polar surface area (TPSA) is 60.4 Å². The molecule has 0 bridgehead atoms. The van der Waals surface area contributed by atoms with Gasteiger partial charge in [0.1, 0.15) is 0 Å². The van der Waals surface area contributed by atoms with E-state index in [0.29, 0.717) is 32.3 Å². The first kappa shape index (κ1) is 14.9. The highest BCUT2D eigenvalue weighted by Crippen LogP contribution is 2.14. The van der Waals surface area contributed by atoms with Crippen LogP contribution in [0.1, 0.15) is 20.8 Å². The Balaban J connectivity index is 2.77. The summed E-state index contributed by atoms with van der Waals surface area (Å²) >= 11 is 5.85. The van der Waals surface area contributed by atoms with Crippen molar-refractivity contribution in [3.63, 3.8) is 0 Å². The molecule has 0 radical (unpaired) electrons. The Morgan fingerprint density at radius 2 is 1.89 bits per heavy atom. The zero-order valence-electron chi connectivity index (χ0n) is 11.0. The molecule has 7 heteroatoms. The number of halogens is 1. The van der Waals surface area contributed by atoms with Crippen LogP contribution >= 0.6 is 11.6 Å². The zero-order valence-corrected chi connectivity index (χ0v) is 11.8. The maximum Gasteiger partial charge on any atom is 0.322 e. The van der Waals surface area contributed by atoms with Gasteiger partial charge in [-0.25, -0.2) is 0 Å². The number of likely N-dealkylation sites (N-methyl/N-ethyl adjacent to an activating group) is 1. The van der Waals surface area contributed by atoms with Crippen LogP contribution in [0, 0.1) is 0 Å². The van der Waals surface area contributed by atoms with Gasteiger partial charge in [0.05, 0.1) is 13.2 Å². The van der Waals surface area contributed by atoms with Crippen molar-refractivity contribution in [3.05, 3.63) is 5.28 Å². The third kappa shape index (κ3) is 4.62. The van der Waals surface area contributed by atoms with E-state index < -0.39 is 0 Å². The number of rotatable bonds is 8. The molecule has 1 rings (SSSR count). The minimum absolute atomic E-state index is 0.137. The Bertz CT molecular complexity index is 365. The van der Waals surface area contributed by atoms with Crippen LogP contribution in [0.4, 0.5) is 5.95 Å². The Morgan fingerprint density at radius 3 is 2.50 bits per heavy atom. The minimum Gasteiger partial charge on any atom is -0.464 e. The molecule has 18 heavy (non-hydrogen) atoms. The third-order valence-corrected chi connectivity index (χ3v) is 2.39. The van der Waals surface area contributed by atoms with Gasteiger partial charge in [-0.3, -0.25) is 0 Å². The molecule has 0 aliphatic carbocycles. The van der Waals surface area contributed by atoms with Crippen molar-refractivity contribution >= 4 is 17.5 Å². The van der Waals surface area contributed by atoms with Crippen molar-refractivity contribution in [2.75, 3.05) is 37.8 Å². The van der Waals surface area contributed by atoms with Crippen LogP contribution in [0.3, 0.4) is 0 Å². The highest BCUT2D eigenvalue weighted by molar-refractivity contribution is 6.28. The van der Waals surface area contributed by atoms with Crippen molar-refractivity contribution < 1.29 is 9.47 Å². The summed E-state index contributed by atoms with van der Waals surface area (Å²) in [7, 11) is 0. The maximum atomic E-state index is 5.85. The van der Waals surface area contributed by atoms with E-state index in [4.69, 9.17) is 21.1 Å². The van der Waals surface area contributed by atoms with E-state index >= 15 is 0 Å². The molecule has 0 amide bonds. The Hall–Kier alpha value is -1.14. The summed E-state index contributed by atoms with van der Waals surface area (Å²) in [6.07, 6.45) is 0. The van der Waals surface area contributed by atoms with Crippen molar-refractivity contribution in [1.82, 2.24) is 15.0 Å². The summed E-state index contributed by atoms with van der Waals surface area (Å²) in [6.45, 7) is 9.12. The van der Waals surface area contributed by atoms with E-state index in [1.54, 1.807) is 0 Å². The molecule has 0 saturated heterocycles. The predicted molar refractivity (Wildman–Crippen MR) is 70.4 cm³/mol. The first-order valence-corrected chi connectivity index (χ1v) is 6.46. The molecule has 0 spiro atoms. The van der Waals surface area contributed by atoms with Crippen molar-refractivity contribution in [2.24, 2.45) is 0 Å². The normalized spacial score (nSPS) is 10.4. The molecule has 0 saturated carbocycles. The Labute approximate surface area is 112 Å². The smallest absolute Gasteiger partial charge is 0.322 e. The van der Waals surface area contributed by atoms with Crippen LogP contribution in [0.2, 0.25) is 5.28 Å². The maximum absolute atomic E-state index is 5.85. The number of anilines is 1. The molecule has 1 aromatic heterocycles. The number of ether oxygens (including phenoxy) is 2. The molecule has 0 aliphatic rings. The monoisotopic (exact) mass is 274 g/mol. The van der Waals surface area contributed by atoms with Crippen molar-refractivity contribution in [2.45, 2.75) is 20.8 Å². The average molecular weight is 275 g/mol. The summed E-state index contributed by atoms with van der Waals surface area (Å²) < 4.78 is 10.6. The molecule has 0 aliphatic heterocycles. The second-order valence-electron chi connectivity index (χ2n) is 3.40. The largest absolute Gasteiger partial charge is 0.464 e. The Kier molecular flexibility index (Phi) is 6.67. The third-order valence-electron chi connectivity index (χ3n) is 2.22. The molecule has 102 valence electrons. The van der Waals surface area contributed by atoms with Gasteiger partial charge in [0.2, 0.25) is 11.2 Å². The van der Waals surface area contributed by atoms with E-state index in [1.165, 1.54) is 0 Å². The first-order valence-electron chi connectivity index (χ1n) is 6.08. The zero-order chi connectivity index (χ0) is 13.4. The van der Waals surface area contributed by atoms with Gasteiger partial charge in [-0.15, -0.1) is 0 Å². The standard InChI is InChI=1S/C11H19ClN4O2/c1-4-16(7-8-17-5-2)10-13-9(12)14-11(15-10)18-6-3/h4-8H2,1-3H3. The summed E-state index contributed by atoms with van der Waals surface area (Å²) in [6, 6.07) is 0.252. The van der Waals surface area contributed by atoms with Gasteiger partial charge in [-0.05, 0) is 32.4 Å². The summed E-state index contributed by atoms with van der Waals surface area (Å²) in [5.74, 6) is 0.514. The van der Waals surface area contributed by atoms with E-state index in [2.05, 4.69) is 15.0 Å². The van der Waals surface area contributed by atoms with Crippen LogP contribution in [-0.4, -0.2) is 47.9 Å². The SMILES string of the molecule is CCOCCN(CC)c1nc(Cl)nc(OCC)n1. The van der Waals surface area contributed by atoms with Crippen LogP contribution in [0.25, 0.3) is 0 Å². The molecule has 1 heterocycles. The lowest BCUT2D eigenvalue weighted by molar-refractivity contribution is 0.153. The van der Waals surface area contributed by atoms with E-state index in [-0.39, 0.29) is 11.3 Å². The van der Waals surface area contributed by atoms with E-state index in [1.807, 2.05) is 25.7 Å². The fraction of sp³-hybridized carbons (Fsp3) is 0.727. The molecule has 0 N–H and O–H groups in total. The predicted octanol–water partition coefficient (Wildman–Crippen LogP) is 1.79. The van der Waals surface area contributed by atoms with Gasteiger partial charge >= 0.3 is 6.01 Å². The van der Waals surface area contributed by atoms with Crippen LogP contribution < -0.4 is 9.64 Å². The van der Waals surface area contributed by atoms with Gasteiger partial charge in [0.25, 0.3) is 0 Å². The molecular weight excluding hydrogens is 256 g/mol. The lowest BCUT2D eigenvalue weighted by atomic mass is 10.5. The van der Waals surface area contributed by atoms with Gasteiger partial charge in [0.15, 0.2) is 0 Å². The number of hydrogen-bond donors (Lipinski definition) is 0. The van der Waals surface area contributed by atoms with E-state index in [9.17, 15) is 0 Å². The highest BCUT2D eigenvalue weighted by atomic mass is 35.5. The Morgan fingerprint density at radius 1 is 1.11 bits per heavy atom. The highest BCUT2D eigenvalue weighted by Gasteiger charge is 2.11. The fourth-order valence-corrected chi connectivity index (χ4v) is 1.52. The second-order valence-corrected chi connectivity index (χ2v) is 3.73. The number of hydrogen-bond acceptors (Lipinski definition) is 6. The fourth-order valence-electron chi connectivity index (χ4n) is 1.38. The summed E-state index contributed by atoms with van der Waals surface area (Å²) in [4.78, 5) is 14.2. The van der Waals surface area contributed by atoms with Crippen LogP contribution in [0.15, 0.2) is 0 Å². The molecule has 0 aromatic carbocycles. The lowest BCUT2D eigenvalue weighted by Gasteiger charge is -2.20. The van der Waals surface area contributed by atoms with E-state index in [0.717, 1.165) is 6.54 Å². The van der Waals surface area contributed by atoms with Gasteiger partial charge in [0, 0.05) is 19.7 Å². The van der Waals surface area contributed by atoms with Crippen LogP contribution in [-0.2, 0) is 4.74 Å².